The Hall–Kier alpha value is -1.30. The summed E-state index contributed by atoms with van der Waals surface area (Å²) in [6, 6.07) is 0.667. The fraction of sp³-hybridized carbons (Fsp3) is 0.800. The van der Waals surface area contributed by atoms with Crippen LogP contribution in [-0.4, -0.2) is 34.0 Å². The van der Waals surface area contributed by atoms with E-state index in [-0.39, 0.29) is 18.2 Å². The number of nitrogens with one attached hydrogen (secondary N) is 1. The molecule has 1 heterocycles. The molecule has 6 nitrogen and oxygen atoms in total. The molecular weight excluding hydrogens is 208 g/mol. The Balaban J connectivity index is 2.48. The molecule has 0 aliphatic carbocycles. The van der Waals surface area contributed by atoms with Crippen LogP contribution in [0.25, 0.3) is 0 Å². The van der Waals surface area contributed by atoms with Crippen molar-refractivity contribution in [2.24, 2.45) is 10.9 Å². The summed E-state index contributed by atoms with van der Waals surface area (Å²) < 4.78 is 0. The number of hydrazine groups is 1. The average molecular weight is 228 g/mol. The Morgan fingerprint density at radius 3 is 2.56 bits per heavy atom. The van der Waals surface area contributed by atoms with E-state index in [4.69, 9.17) is 10.9 Å². The zero-order valence-electron chi connectivity index (χ0n) is 9.81. The van der Waals surface area contributed by atoms with Crippen molar-refractivity contribution in [1.29, 1.82) is 0 Å². The Morgan fingerprint density at radius 1 is 1.50 bits per heavy atom. The minimum atomic E-state index is -0.240. The van der Waals surface area contributed by atoms with Crippen molar-refractivity contribution < 1.29 is 10.0 Å². The molecule has 2 unspecified atom stereocenters. The van der Waals surface area contributed by atoms with E-state index in [0.29, 0.717) is 12.1 Å². The van der Waals surface area contributed by atoms with Gasteiger partial charge in [-0.15, -0.1) is 0 Å². The second-order valence-electron chi connectivity index (χ2n) is 4.34. The van der Waals surface area contributed by atoms with E-state index < -0.39 is 0 Å². The molecule has 0 bridgehead atoms. The summed E-state index contributed by atoms with van der Waals surface area (Å²) in [4.78, 5) is 11.5. The van der Waals surface area contributed by atoms with E-state index in [9.17, 15) is 4.79 Å². The summed E-state index contributed by atoms with van der Waals surface area (Å²) in [7, 11) is 0. The standard InChI is InChI=1S/C10H20N4O2/c1-7-4-3-5-8(2)14(7)12-10(15)6-9(11)13-16/h7-8,16H,3-6H2,1-2H3,(H2,11,13)(H,12,15). The van der Waals surface area contributed by atoms with E-state index >= 15 is 0 Å². The Labute approximate surface area is 95.4 Å². The largest absolute Gasteiger partial charge is 0.409 e. The highest BCUT2D eigenvalue weighted by Gasteiger charge is 2.26. The van der Waals surface area contributed by atoms with Crippen LogP contribution in [0.4, 0.5) is 0 Å². The van der Waals surface area contributed by atoms with Crippen LogP contribution in [0.5, 0.6) is 0 Å². The first-order chi connectivity index (χ1) is 7.54. The first-order valence-electron chi connectivity index (χ1n) is 5.58. The fourth-order valence-electron chi connectivity index (χ4n) is 2.03. The van der Waals surface area contributed by atoms with Gasteiger partial charge >= 0.3 is 0 Å². The van der Waals surface area contributed by atoms with Gasteiger partial charge in [-0.05, 0) is 26.7 Å². The van der Waals surface area contributed by atoms with Crippen molar-refractivity contribution in [3.63, 3.8) is 0 Å². The number of carbonyl (C=O) groups is 1. The van der Waals surface area contributed by atoms with Crippen molar-refractivity contribution in [3.05, 3.63) is 0 Å². The number of carbonyl (C=O) groups excluding carboxylic acids is 1. The lowest BCUT2D eigenvalue weighted by molar-refractivity contribution is -0.128. The van der Waals surface area contributed by atoms with E-state index in [1.54, 1.807) is 0 Å². The van der Waals surface area contributed by atoms with Crippen LogP contribution >= 0.6 is 0 Å². The smallest absolute Gasteiger partial charge is 0.241 e. The maximum atomic E-state index is 11.5. The quantitative estimate of drug-likeness (QED) is 0.282. The van der Waals surface area contributed by atoms with Crippen LogP contribution in [-0.2, 0) is 4.79 Å². The van der Waals surface area contributed by atoms with Gasteiger partial charge in [0.05, 0.1) is 6.42 Å². The monoisotopic (exact) mass is 228 g/mol. The highest BCUT2D eigenvalue weighted by Crippen LogP contribution is 2.20. The Kier molecular flexibility index (Phi) is 4.54. The molecule has 1 fully saturated rings. The normalized spacial score (nSPS) is 27.8. The molecule has 1 aliphatic heterocycles. The maximum Gasteiger partial charge on any atom is 0.241 e. The number of nitrogens with zero attached hydrogens (tertiary/aromatic N) is 2. The van der Waals surface area contributed by atoms with Gasteiger partial charge in [0.1, 0.15) is 5.84 Å². The summed E-state index contributed by atoms with van der Waals surface area (Å²) in [5.41, 5.74) is 8.08. The van der Waals surface area contributed by atoms with Crippen LogP contribution in [0.3, 0.4) is 0 Å². The fourth-order valence-corrected chi connectivity index (χ4v) is 2.03. The molecule has 0 aromatic carbocycles. The number of piperidine rings is 1. The van der Waals surface area contributed by atoms with Gasteiger partial charge in [-0.3, -0.25) is 10.2 Å². The number of nitrogens with two attached hydrogens (primary N) is 1. The van der Waals surface area contributed by atoms with E-state index in [1.807, 2.05) is 5.01 Å². The van der Waals surface area contributed by atoms with Gasteiger partial charge < -0.3 is 10.9 Å². The van der Waals surface area contributed by atoms with Crippen LogP contribution in [0, 0.1) is 0 Å². The topological polar surface area (TPSA) is 91.0 Å². The molecule has 0 saturated carbocycles. The minimum absolute atomic E-state index is 0.0742. The minimum Gasteiger partial charge on any atom is -0.409 e. The number of amidine groups is 1. The molecule has 1 aliphatic rings. The average Bonchev–Trinajstić information content (AvgIpc) is 2.23. The molecule has 16 heavy (non-hydrogen) atoms. The Bertz CT molecular complexity index is 270. The molecule has 92 valence electrons. The third-order valence-electron chi connectivity index (χ3n) is 2.92. The van der Waals surface area contributed by atoms with Crippen LogP contribution < -0.4 is 11.2 Å². The van der Waals surface area contributed by atoms with Crippen molar-refractivity contribution in [2.45, 2.75) is 51.6 Å². The number of rotatable bonds is 3. The van der Waals surface area contributed by atoms with Gasteiger partial charge in [0.25, 0.3) is 0 Å². The first kappa shape index (κ1) is 12.8. The highest BCUT2D eigenvalue weighted by molar-refractivity contribution is 5.98. The SMILES string of the molecule is CC1CCCC(C)N1NC(=O)CC(N)=NO. The van der Waals surface area contributed by atoms with E-state index in [2.05, 4.69) is 24.4 Å². The lowest BCUT2D eigenvalue weighted by Gasteiger charge is -2.38. The predicted molar refractivity (Wildman–Crippen MR) is 60.8 cm³/mol. The summed E-state index contributed by atoms with van der Waals surface area (Å²) >= 11 is 0. The molecule has 0 radical (unpaired) electrons. The summed E-state index contributed by atoms with van der Waals surface area (Å²) in [6.07, 6.45) is 3.27. The molecule has 1 rings (SSSR count). The number of oxime groups is 1. The molecule has 1 amide bonds. The lowest BCUT2D eigenvalue weighted by atomic mass is 10.00. The summed E-state index contributed by atoms with van der Waals surface area (Å²) in [6.45, 7) is 4.17. The molecular formula is C10H20N4O2. The molecule has 1 saturated heterocycles. The Morgan fingerprint density at radius 2 is 2.06 bits per heavy atom. The molecule has 6 heteroatoms. The highest BCUT2D eigenvalue weighted by atomic mass is 16.4. The second-order valence-corrected chi connectivity index (χ2v) is 4.34. The van der Waals surface area contributed by atoms with Gasteiger partial charge in [0.2, 0.25) is 5.91 Å². The molecule has 2 atom stereocenters. The van der Waals surface area contributed by atoms with Crippen molar-refractivity contribution in [1.82, 2.24) is 10.4 Å². The maximum absolute atomic E-state index is 11.5. The first-order valence-corrected chi connectivity index (χ1v) is 5.58. The summed E-state index contributed by atoms with van der Waals surface area (Å²) in [5, 5.41) is 13.1. The van der Waals surface area contributed by atoms with Crippen molar-refractivity contribution in [3.8, 4) is 0 Å². The zero-order chi connectivity index (χ0) is 12.1. The van der Waals surface area contributed by atoms with E-state index in [0.717, 1.165) is 12.8 Å². The number of hydrogen-bond donors (Lipinski definition) is 3. The molecule has 0 spiro atoms. The van der Waals surface area contributed by atoms with Crippen LogP contribution in [0.15, 0.2) is 5.16 Å². The van der Waals surface area contributed by atoms with Crippen LogP contribution in [0.2, 0.25) is 0 Å². The van der Waals surface area contributed by atoms with Crippen molar-refractivity contribution in [2.75, 3.05) is 0 Å². The van der Waals surface area contributed by atoms with Gasteiger partial charge in [0, 0.05) is 12.1 Å². The zero-order valence-corrected chi connectivity index (χ0v) is 9.81. The van der Waals surface area contributed by atoms with E-state index in [1.165, 1.54) is 6.42 Å². The second kappa shape index (κ2) is 5.69. The van der Waals surface area contributed by atoms with Crippen LogP contribution in [0.1, 0.15) is 39.5 Å². The third kappa shape index (κ3) is 3.37. The predicted octanol–water partition coefficient (Wildman–Crippen LogP) is 0.417. The molecule has 0 aromatic heterocycles. The van der Waals surface area contributed by atoms with Gasteiger partial charge in [-0.25, -0.2) is 5.01 Å². The molecule has 0 aromatic rings. The number of hydrogen-bond acceptors (Lipinski definition) is 4. The lowest BCUT2D eigenvalue weighted by Crippen LogP contribution is -2.54. The van der Waals surface area contributed by atoms with Gasteiger partial charge in [-0.1, -0.05) is 11.6 Å². The van der Waals surface area contributed by atoms with Crippen molar-refractivity contribution >= 4 is 11.7 Å². The summed E-state index contributed by atoms with van der Waals surface area (Å²) in [5.74, 6) is -0.314. The third-order valence-corrected chi connectivity index (χ3v) is 2.92. The van der Waals surface area contributed by atoms with Gasteiger partial charge in [0.15, 0.2) is 0 Å². The number of amides is 1. The van der Waals surface area contributed by atoms with Gasteiger partial charge in [-0.2, -0.15) is 0 Å². The molecule has 4 N–H and O–H groups in total.